The highest BCUT2D eigenvalue weighted by Gasteiger charge is 2.32. The number of carbonyl (C=O) groups excluding carboxylic acids is 3. The lowest BCUT2D eigenvalue weighted by Crippen LogP contribution is -2.41. The third-order valence-electron chi connectivity index (χ3n) is 4.67. The number of nitrogens with one attached hydrogen (secondary N) is 2. The minimum atomic E-state index is -1.10. The normalized spacial score (nSPS) is 12.6. The van der Waals surface area contributed by atoms with Gasteiger partial charge in [0.1, 0.15) is 5.76 Å². The molecule has 3 rings (SSSR count). The zero-order valence-corrected chi connectivity index (χ0v) is 18.1. The molecule has 32 heavy (non-hydrogen) atoms. The fourth-order valence-electron chi connectivity index (χ4n) is 3.04. The number of amides is 2. The Bertz CT molecular complexity index is 1060. The molecule has 0 aliphatic carbocycles. The fraction of sp³-hybridized carbons (Fsp3) is 0.250. The van der Waals surface area contributed by atoms with Crippen molar-refractivity contribution in [2.45, 2.75) is 32.9 Å². The van der Waals surface area contributed by atoms with E-state index in [1.54, 1.807) is 87.5 Å². The number of benzene rings is 2. The minimum absolute atomic E-state index is 0.228. The lowest BCUT2D eigenvalue weighted by Gasteiger charge is -2.24. The van der Waals surface area contributed by atoms with Crippen LogP contribution in [-0.2, 0) is 14.3 Å². The van der Waals surface area contributed by atoms with E-state index in [-0.39, 0.29) is 11.7 Å². The zero-order chi connectivity index (χ0) is 23.1. The van der Waals surface area contributed by atoms with Crippen LogP contribution in [0.4, 0.5) is 5.82 Å². The Morgan fingerprint density at radius 2 is 1.59 bits per heavy atom. The summed E-state index contributed by atoms with van der Waals surface area (Å²) in [7, 11) is 0. The van der Waals surface area contributed by atoms with Crippen molar-refractivity contribution in [2.75, 3.05) is 5.32 Å². The fourth-order valence-corrected chi connectivity index (χ4v) is 3.04. The summed E-state index contributed by atoms with van der Waals surface area (Å²) in [5, 5.41) is 9.03. The Balaban J connectivity index is 1.79. The van der Waals surface area contributed by atoms with Crippen LogP contribution in [0.3, 0.4) is 0 Å². The molecule has 2 atom stereocenters. The molecule has 8 heteroatoms. The summed E-state index contributed by atoms with van der Waals surface area (Å²) in [4.78, 5) is 38.6. The van der Waals surface area contributed by atoms with E-state index in [4.69, 9.17) is 9.26 Å². The monoisotopic (exact) mass is 435 g/mol. The Hall–Kier alpha value is -3.94. The predicted molar refractivity (Wildman–Crippen MR) is 118 cm³/mol. The Morgan fingerprint density at radius 1 is 0.969 bits per heavy atom. The topological polar surface area (TPSA) is 111 Å². The molecule has 0 radical (unpaired) electrons. The third-order valence-corrected chi connectivity index (χ3v) is 4.67. The van der Waals surface area contributed by atoms with Crippen LogP contribution in [0.15, 0.2) is 71.3 Å². The van der Waals surface area contributed by atoms with Crippen molar-refractivity contribution in [1.82, 2.24) is 10.5 Å². The smallest absolute Gasteiger partial charge is 0.334 e. The van der Waals surface area contributed by atoms with Crippen molar-refractivity contribution in [3.63, 3.8) is 0 Å². The van der Waals surface area contributed by atoms with Gasteiger partial charge in [0.05, 0.1) is 0 Å². The standard InChI is InChI=1S/C24H25N3O5/c1-15(2)21(23(29)25-19-14-16(3)32-27-19)31-24(30)20(17-10-6-4-7-11-17)26-22(28)18-12-8-5-9-13-18/h4-15,20-21H,1-3H3,(H,26,28)(H,25,27,29)/t20-,21+/m0/s1. The number of hydrogen-bond donors (Lipinski definition) is 2. The van der Waals surface area contributed by atoms with Gasteiger partial charge in [-0.2, -0.15) is 0 Å². The van der Waals surface area contributed by atoms with Crippen LogP contribution in [0, 0.1) is 12.8 Å². The number of esters is 1. The van der Waals surface area contributed by atoms with Gasteiger partial charge >= 0.3 is 5.97 Å². The molecule has 166 valence electrons. The molecule has 0 fully saturated rings. The van der Waals surface area contributed by atoms with Crippen molar-refractivity contribution in [1.29, 1.82) is 0 Å². The highest BCUT2D eigenvalue weighted by atomic mass is 16.6. The third kappa shape index (κ3) is 5.81. The summed E-state index contributed by atoms with van der Waals surface area (Å²) >= 11 is 0. The van der Waals surface area contributed by atoms with Gasteiger partial charge in [0.2, 0.25) is 0 Å². The molecular formula is C24H25N3O5. The SMILES string of the molecule is Cc1cc(NC(=O)[C@H](OC(=O)[C@@H](NC(=O)c2ccccc2)c2ccccc2)C(C)C)no1. The predicted octanol–water partition coefficient (Wildman–Crippen LogP) is 3.66. The number of aromatic nitrogens is 1. The number of aryl methyl sites for hydroxylation is 1. The van der Waals surface area contributed by atoms with E-state index in [2.05, 4.69) is 15.8 Å². The molecule has 1 aromatic heterocycles. The summed E-state index contributed by atoms with van der Waals surface area (Å²) < 4.78 is 10.5. The van der Waals surface area contributed by atoms with Gasteiger partial charge in [-0.25, -0.2) is 4.79 Å². The Kier molecular flexibility index (Phi) is 7.38. The highest BCUT2D eigenvalue weighted by molar-refractivity contribution is 5.98. The van der Waals surface area contributed by atoms with Gasteiger partial charge in [0.15, 0.2) is 18.0 Å². The molecule has 0 aliphatic heterocycles. The van der Waals surface area contributed by atoms with Gasteiger partial charge in [-0.05, 0) is 30.5 Å². The molecule has 2 aromatic carbocycles. The van der Waals surface area contributed by atoms with E-state index in [9.17, 15) is 14.4 Å². The number of hydrogen-bond acceptors (Lipinski definition) is 6. The first kappa shape index (κ1) is 22.7. The molecule has 0 saturated heterocycles. The molecule has 8 nitrogen and oxygen atoms in total. The number of nitrogens with zero attached hydrogens (tertiary/aromatic N) is 1. The minimum Gasteiger partial charge on any atom is -0.450 e. The molecule has 0 aliphatic rings. The van der Waals surface area contributed by atoms with Crippen molar-refractivity contribution in [2.24, 2.45) is 5.92 Å². The quantitative estimate of drug-likeness (QED) is 0.523. The summed E-state index contributed by atoms with van der Waals surface area (Å²) in [6, 6.07) is 17.7. The van der Waals surface area contributed by atoms with E-state index in [1.807, 2.05) is 0 Å². The summed E-state index contributed by atoms with van der Waals surface area (Å²) in [6.07, 6.45) is -1.10. The average molecular weight is 435 g/mol. The Morgan fingerprint density at radius 3 is 2.16 bits per heavy atom. The molecule has 0 spiro atoms. The Labute approximate surface area is 185 Å². The van der Waals surface area contributed by atoms with Crippen LogP contribution in [0.5, 0.6) is 0 Å². The van der Waals surface area contributed by atoms with Gasteiger partial charge in [0.25, 0.3) is 11.8 Å². The second kappa shape index (κ2) is 10.4. The van der Waals surface area contributed by atoms with E-state index in [1.165, 1.54) is 0 Å². The van der Waals surface area contributed by atoms with Gasteiger partial charge in [-0.15, -0.1) is 0 Å². The first-order valence-electron chi connectivity index (χ1n) is 10.2. The van der Waals surface area contributed by atoms with Gasteiger partial charge in [0, 0.05) is 11.6 Å². The molecule has 2 amide bonds. The van der Waals surface area contributed by atoms with Crippen LogP contribution in [0.25, 0.3) is 0 Å². The average Bonchev–Trinajstić information content (AvgIpc) is 3.20. The maximum absolute atomic E-state index is 13.1. The summed E-state index contributed by atoms with van der Waals surface area (Å²) in [5.74, 6) is -1.28. The van der Waals surface area contributed by atoms with E-state index >= 15 is 0 Å². The van der Waals surface area contributed by atoms with Crippen molar-refractivity contribution in [3.05, 3.63) is 83.6 Å². The van der Waals surface area contributed by atoms with Gasteiger partial charge in [-0.1, -0.05) is 67.5 Å². The maximum Gasteiger partial charge on any atom is 0.334 e. The molecule has 3 aromatic rings. The number of rotatable bonds is 8. The second-order valence-electron chi connectivity index (χ2n) is 7.60. The first-order valence-corrected chi connectivity index (χ1v) is 10.2. The summed E-state index contributed by atoms with van der Waals surface area (Å²) in [6.45, 7) is 5.21. The number of anilines is 1. The van der Waals surface area contributed by atoms with Gasteiger partial charge in [-0.3, -0.25) is 9.59 Å². The van der Waals surface area contributed by atoms with Crippen LogP contribution >= 0.6 is 0 Å². The van der Waals surface area contributed by atoms with Crippen LogP contribution in [-0.4, -0.2) is 29.0 Å². The van der Waals surface area contributed by atoms with Crippen LogP contribution < -0.4 is 10.6 Å². The van der Waals surface area contributed by atoms with E-state index in [0.717, 1.165) is 0 Å². The molecule has 1 heterocycles. The molecular weight excluding hydrogens is 410 g/mol. The largest absolute Gasteiger partial charge is 0.450 e. The zero-order valence-electron chi connectivity index (χ0n) is 18.1. The second-order valence-corrected chi connectivity index (χ2v) is 7.60. The lowest BCUT2D eigenvalue weighted by atomic mass is 10.0. The maximum atomic E-state index is 13.1. The lowest BCUT2D eigenvalue weighted by molar-refractivity contribution is -0.158. The van der Waals surface area contributed by atoms with Crippen LogP contribution in [0.1, 0.15) is 41.6 Å². The molecule has 0 unspecified atom stereocenters. The molecule has 2 N–H and O–H groups in total. The summed E-state index contributed by atoms with van der Waals surface area (Å²) in [5.41, 5.74) is 0.942. The van der Waals surface area contributed by atoms with Gasteiger partial charge < -0.3 is 19.9 Å². The van der Waals surface area contributed by atoms with Crippen molar-refractivity contribution < 1.29 is 23.6 Å². The highest BCUT2D eigenvalue weighted by Crippen LogP contribution is 2.20. The molecule has 0 saturated carbocycles. The van der Waals surface area contributed by atoms with Crippen LogP contribution in [0.2, 0.25) is 0 Å². The van der Waals surface area contributed by atoms with Crippen molar-refractivity contribution in [3.8, 4) is 0 Å². The van der Waals surface area contributed by atoms with E-state index in [0.29, 0.717) is 16.9 Å². The van der Waals surface area contributed by atoms with E-state index < -0.39 is 29.9 Å². The number of carbonyl (C=O) groups is 3. The molecule has 0 bridgehead atoms. The first-order chi connectivity index (χ1) is 15.3. The van der Waals surface area contributed by atoms with Crippen molar-refractivity contribution >= 4 is 23.6 Å². The number of ether oxygens (including phenoxy) is 1.